The molecule has 0 aliphatic heterocycles. The molecule has 11 heteroatoms. The van der Waals surface area contributed by atoms with Gasteiger partial charge in [-0.15, -0.1) is 11.3 Å². The van der Waals surface area contributed by atoms with Gasteiger partial charge in [0.15, 0.2) is 5.82 Å². The molecule has 0 aromatic carbocycles. The quantitative estimate of drug-likeness (QED) is 0.238. The van der Waals surface area contributed by atoms with Gasteiger partial charge < -0.3 is 24.8 Å². The normalized spacial score (nSPS) is 10.7. The number of carbonyl (C=O) groups excluding carboxylic acids is 1. The molecule has 0 radical (unpaired) electrons. The molecule has 2 heterocycles. The smallest absolute Gasteiger partial charge is 0.348 e. The van der Waals surface area contributed by atoms with Gasteiger partial charge in [-0.25, -0.2) is 9.78 Å². The fraction of sp³-hybridized carbons (Fsp3) is 0.458. The number of anilines is 2. The molecule has 0 aliphatic carbocycles. The zero-order valence-corrected chi connectivity index (χ0v) is 21.5. The molecule has 186 valence electrons. The first-order chi connectivity index (χ1) is 16.9. The van der Waals surface area contributed by atoms with Crippen molar-refractivity contribution in [1.82, 2.24) is 4.98 Å². The van der Waals surface area contributed by atoms with Gasteiger partial charge in [0, 0.05) is 46.7 Å². The molecule has 0 spiro atoms. The highest BCUT2D eigenvalue weighted by atomic mass is 32.1. The fourth-order valence-corrected chi connectivity index (χ4v) is 4.31. The highest BCUT2D eigenvalue weighted by molar-refractivity contribution is 7.16. The molecule has 0 saturated carbocycles. The lowest BCUT2D eigenvalue weighted by Gasteiger charge is -2.16. The van der Waals surface area contributed by atoms with E-state index in [4.69, 9.17) is 14.2 Å². The molecule has 0 aliphatic rings. The Hall–Kier alpha value is -3.51. The average molecular weight is 499 g/mol. The van der Waals surface area contributed by atoms with Crippen LogP contribution < -0.4 is 10.6 Å². The molecule has 2 aromatic heterocycles. The molecule has 0 fully saturated rings. The Morgan fingerprint density at radius 3 is 2.14 bits per heavy atom. The molecule has 0 unspecified atom stereocenters. The fourth-order valence-electron chi connectivity index (χ4n) is 3.26. The van der Waals surface area contributed by atoms with Crippen LogP contribution in [0.3, 0.4) is 0 Å². The standard InChI is InChI=1S/C24H30N6O4S/c1-15-18(13-26)22(27-8-6-10-32-3)30-23(28-9-7-11-33-4)20(15)29-14-19-17(12-25)16(2)21(35-19)24(31)34-5/h14H,6-11H2,1-5H3,(H2,27,28,30). The number of aliphatic imine (C=N–C) groups is 1. The Morgan fingerprint density at radius 1 is 1.00 bits per heavy atom. The van der Waals surface area contributed by atoms with E-state index in [0.29, 0.717) is 75.6 Å². The lowest BCUT2D eigenvalue weighted by atomic mass is 10.1. The first-order valence-electron chi connectivity index (χ1n) is 11.0. The van der Waals surface area contributed by atoms with Gasteiger partial charge in [0.1, 0.15) is 28.5 Å². The summed E-state index contributed by atoms with van der Waals surface area (Å²) in [6.45, 7) is 5.86. The van der Waals surface area contributed by atoms with E-state index in [1.807, 2.05) is 0 Å². The third-order valence-corrected chi connectivity index (χ3v) is 6.34. The van der Waals surface area contributed by atoms with Crippen molar-refractivity contribution in [2.75, 3.05) is 58.3 Å². The summed E-state index contributed by atoms with van der Waals surface area (Å²) in [5.41, 5.74) is 2.41. The maximum atomic E-state index is 12.1. The number of nitrogens with one attached hydrogen (secondary N) is 2. The average Bonchev–Trinajstić information content (AvgIpc) is 3.18. The van der Waals surface area contributed by atoms with E-state index in [0.717, 1.165) is 24.2 Å². The van der Waals surface area contributed by atoms with Crippen LogP contribution in [0, 0.1) is 36.5 Å². The highest BCUT2D eigenvalue weighted by Gasteiger charge is 2.21. The Morgan fingerprint density at radius 2 is 1.60 bits per heavy atom. The predicted octanol–water partition coefficient (Wildman–Crippen LogP) is 3.94. The molecule has 2 aromatic rings. The van der Waals surface area contributed by atoms with Crippen molar-refractivity contribution in [3.05, 3.63) is 32.0 Å². The van der Waals surface area contributed by atoms with Crippen LogP contribution in [0.4, 0.5) is 17.3 Å². The van der Waals surface area contributed by atoms with Gasteiger partial charge in [0.2, 0.25) is 0 Å². The maximum Gasteiger partial charge on any atom is 0.348 e. The number of carbonyl (C=O) groups is 1. The van der Waals surface area contributed by atoms with Crippen LogP contribution in [0.15, 0.2) is 4.99 Å². The molecule has 2 rings (SSSR count). The monoisotopic (exact) mass is 498 g/mol. The summed E-state index contributed by atoms with van der Waals surface area (Å²) in [6.07, 6.45) is 3.04. The minimum Gasteiger partial charge on any atom is -0.465 e. The van der Waals surface area contributed by atoms with Gasteiger partial charge in [-0.05, 0) is 37.8 Å². The van der Waals surface area contributed by atoms with Crippen LogP contribution in [-0.2, 0) is 14.2 Å². The second-order valence-corrected chi connectivity index (χ2v) is 8.52. The number of nitriles is 2. The summed E-state index contributed by atoms with van der Waals surface area (Å²) < 4.78 is 15.0. The summed E-state index contributed by atoms with van der Waals surface area (Å²) in [4.78, 5) is 22.2. The first kappa shape index (κ1) is 27.7. The zero-order chi connectivity index (χ0) is 25.8. The largest absolute Gasteiger partial charge is 0.465 e. The maximum absolute atomic E-state index is 12.1. The number of thiophene rings is 1. The SMILES string of the molecule is COCCCNc1nc(NCCCOC)c(N=Cc2sc(C(=O)OC)c(C)c2C#N)c(C)c1C#N. The molecule has 0 atom stereocenters. The van der Waals surface area contributed by atoms with Crippen molar-refractivity contribution in [1.29, 1.82) is 10.5 Å². The van der Waals surface area contributed by atoms with Crippen LogP contribution in [0.25, 0.3) is 0 Å². The second kappa shape index (κ2) is 14.0. The van der Waals surface area contributed by atoms with Crippen LogP contribution in [0.5, 0.6) is 0 Å². The third-order valence-electron chi connectivity index (χ3n) is 5.13. The molecule has 35 heavy (non-hydrogen) atoms. The lowest BCUT2D eigenvalue weighted by molar-refractivity contribution is 0.0605. The lowest BCUT2D eigenvalue weighted by Crippen LogP contribution is -2.12. The summed E-state index contributed by atoms with van der Waals surface area (Å²) in [7, 11) is 4.57. The number of pyridine rings is 1. The Kier molecular flexibility index (Phi) is 11.1. The van der Waals surface area contributed by atoms with Crippen LogP contribution in [0.2, 0.25) is 0 Å². The van der Waals surface area contributed by atoms with Crippen LogP contribution in [-0.4, -0.2) is 64.8 Å². The van der Waals surface area contributed by atoms with Crippen molar-refractivity contribution in [3.63, 3.8) is 0 Å². The second-order valence-electron chi connectivity index (χ2n) is 7.47. The van der Waals surface area contributed by atoms with Crippen LogP contribution >= 0.6 is 11.3 Å². The summed E-state index contributed by atoms with van der Waals surface area (Å²) in [5.74, 6) is 0.465. The first-order valence-corrected chi connectivity index (χ1v) is 11.8. The van der Waals surface area contributed by atoms with E-state index in [1.165, 1.54) is 13.3 Å². The summed E-state index contributed by atoms with van der Waals surface area (Å²) in [5, 5.41) is 25.9. The van der Waals surface area contributed by atoms with Crippen molar-refractivity contribution in [2.24, 2.45) is 4.99 Å². The Balaban J connectivity index is 2.51. The summed E-state index contributed by atoms with van der Waals surface area (Å²) in [6, 6.07) is 4.35. The topological polar surface area (TPSA) is 142 Å². The van der Waals surface area contributed by atoms with Gasteiger partial charge in [0.05, 0.1) is 23.1 Å². The van der Waals surface area contributed by atoms with Gasteiger partial charge in [-0.1, -0.05) is 0 Å². The van der Waals surface area contributed by atoms with Crippen molar-refractivity contribution in [2.45, 2.75) is 26.7 Å². The molecular formula is C24H30N6O4S. The van der Waals surface area contributed by atoms with E-state index in [2.05, 4.69) is 32.7 Å². The molecule has 2 N–H and O–H groups in total. The Bertz CT molecular complexity index is 1150. The van der Waals surface area contributed by atoms with Gasteiger partial charge in [-0.2, -0.15) is 10.5 Å². The third kappa shape index (κ3) is 6.99. The molecule has 0 amide bonds. The number of aromatic nitrogens is 1. The Labute approximate surface area is 209 Å². The van der Waals surface area contributed by atoms with Gasteiger partial charge in [-0.3, -0.25) is 4.99 Å². The molecule has 0 saturated heterocycles. The number of ether oxygens (including phenoxy) is 3. The number of hydrogen-bond acceptors (Lipinski definition) is 11. The van der Waals surface area contributed by atoms with Gasteiger partial charge in [0.25, 0.3) is 0 Å². The van der Waals surface area contributed by atoms with E-state index in [9.17, 15) is 15.3 Å². The van der Waals surface area contributed by atoms with Crippen LogP contribution in [0.1, 0.15) is 49.6 Å². The van der Waals surface area contributed by atoms with E-state index >= 15 is 0 Å². The predicted molar refractivity (Wildman–Crippen MR) is 136 cm³/mol. The number of methoxy groups -OCH3 is 3. The number of esters is 1. The van der Waals surface area contributed by atoms with Crippen molar-refractivity contribution in [3.8, 4) is 12.1 Å². The summed E-state index contributed by atoms with van der Waals surface area (Å²) >= 11 is 1.13. The molecule has 0 bridgehead atoms. The highest BCUT2D eigenvalue weighted by Crippen LogP contribution is 2.34. The zero-order valence-electron chi connectivity index (χ0n) is 20.7. The minimum atomic E-state index is -0.502. The number of nitrogens with zero attached hydrogens (tertiary/aromatic N) is 4. The van der Waals surface area contributed by atoms with Crippen molar-refractivity contribution >= 4 is 40.8 Å². The van der Waals surface area contributed by atoms with E-state index in [1.54, 1.807) is 28.1 Å². The molecule has 10 nitrogen and oxygen atoms in total. The molecular weight excluding hydrogens is 468 g/mol. The van der Waals surface area contributed by atoms with Gasteiger partial charge >= 0.3 is 5.97 Å². The number of hydrogen-bond donors (Lipinski definition) is 2. The van der Waals surface area contributed by atoms with Crippen molar-refractivity contribution < 1.29 is 19.0 Å². The minimum absolute atomic E-state index is 0.353. The number of rotatable bonds is 13. The van der Waals surface area contributed by atoms with E-state index < -0.39 is 5.97 Å². The van der Waals surface area contributed by atoms with E-state index in [-0.39, 0.29) is 0 Å².